The lowest BCUT2D eigenvalue weighted by Crippen LogP contribution is -2.67. The summed E-state index contributed by atoms with van der Waals surface area (Å²) >= 11 is 0. The smallest absolute Gasteiger partial charge is 0.336 e. The third-order valence-electron chi connectivity index (χ3n) is 13.2. The first kappa shape index (κ1) is 28.2. The van der Waals surface area contributed by atoms with Gasteiger partial charge < -0.3 is 19.7 Å². The Morgan fingerprint density at radius 1 is 1.12 bits per heavy atom. The van der Waals surface area contributed by atoms with Gasteiger partial charge in [0.1, 0.15) is 23.6 Å². The van der Waals surface area contributed by atoms with Crippen LogP contribution in [0.15, 0.2) is 33.0 Å². The number of hydrogen-bond acceptors (Lipinski definition) is 8. The van der Waals surface area contributed by atoms with Gasteiger partial charge in [-0.15, -0.1) is 0 Å². The highest BCUT2D eigenvalue weighted by Crippen LogP contribution is 2.74. The van der Waals surface area contributed by atoms with Gasteiger partial charge >= 0.3 is 11.7 Å². The molecule has 4 saturated carbocycles. The molecule has 12 atom stereocenters. The van der Waals surface area contributed by atoms with E-state index in [1.807, 2.05) is 13.8 Å². The standard InChI is InChI=1S/C32H42N2O8/c1-15-11-23(41-28(39)18(15)14-35)16(2)19-5-6-20-17-12-25-32(42-25)27(38)22(34-10-8-26(37)33-29(34)40)13-24(36)31(32,4)21(17)7-9-30(19,20)3/h8,10,16-17,19-23,25,27,35,38H,5-7,9,11-14H2,1-4H3,(H,33,37,40)/t16-,17-,19+,20-,21-,22+,23+,25+,27-,30+,31-,32-/m0/s1. The van der Waals surface area contributed by atoms with Crippen molar-refractivity contribution in [3.8, 4) is 0 Å². The van der Waals surface area contributed by atoms with Gasteiger partial charge in [0, 0.05) is 25.1 Å². The Morgan fingerprint density at radius 3 is 2.57 bits per heavy atom. The van der Waals surface area contributed by atoms with Crippen molar-refractivity contribution in [3.05, 3.63) is 44.2 Å². The lowest BCUT2D eigenvalue weighted by atomic mass is 9.43. The molecule has 7 rings (SSSR count). The molecule has 1 saturated heterocycles. The molecule has 5 fully saturated rings. The zero-order chi connectivity index (χ0) is 29.9. The largest absolute Gasteiger partial charge is 0.458 e. The van der Waals surface area contributed by atoms with E-state index in [4.69, 9.17) is 9.47 Å². The summed E-state index contributed by atoms with van der Waals surface area (Å²) in [5.74, 6) is 0.914. The van der Waals surface area contributed by atoms with Crippen LogP contribution in [-0.2, 0) is 19.1 Å². The summed E-state index contributed by atoms with van der Waals surface area (Å²) in [6.45, 7) is 8.21. The van der Waals surface area contributed by atoms with Crippen LogP contribution in [0.1, 0.15) is 78.7 Å². The maximum absolute atomic E-state index is 14.2. The molecule has 42 heavy (non-hydrogen) atoms. The topological polar surface area (TPSA) is 151 Å². The molecule has 0 aromatic carbocycles. The highest BCUT2D eigenvalue weighted by atomic mass is 16.6. The lowest BCUT2D eigenvalue weighted by molar-refractivity contribution is -0.172. The Morgan fingerprint density at radius 2 is 1.88 bits per heavy atom. The van der Waals surface area contributed by atoms with E-state index < -0.39 is 40.4 Å². The average molecular weight is 583 g/mol. The molecular weight excluding hydrogens is 540 g/mol. The number of fused-ring (bicyclic) bond motifs is 4. The van der Waals surface area contributed by atoms with Gasteiger partial charge in [-0.05, 0) is 81.0 Å². The molecule has 2 aliphatic heterocycles. The highest BCUT2D eigenvalue weighted by Gasteiger charge is 2.82. The molecule has 10 heteroatoms. The zero-order valence-electron chi connectivity index (χ0n) is 24.8. The highest BCUT2D eigenvalue weighted by molar-refractivity contribution is 5.90. The Hall–Kier alpha value is -2.56. The average Bonchev–Trinajstić information content (AvgIpc) is 3.57. The Labute approximate surface area is 244 Å². The summed E-state index contributed by atoms with van der Waals surface area (Å²) in [5, 5.41) is 21.4. The summed E-state index contributed by atoms with van der Waals surface area (Å²) < 4.78 is 13.6. The molecule has 1 aromatic rings. The van der Waals surface area contributed by atoms with Gasteiger partial charge in [-0.25, -0.2) is 9.59 Å². The summed E-state index contributed by atoms with van der Waals surface area (Å²) in [7, 11) is 0. The van der Waals surface area contributed by atoms with Crippen molar-refractivity contribution >= 4 is 11.8 Å². The van der Waals surface area contributed by atoms with Gasteiger partial charge in [0.15, 0.2) is 0 Å². The van der Waals surface area contributed by atoms with Crippen LogP contribution in [0.5, 0.6) is 0 Å². The fourth-order valence-corrected chi connectivity index (χ4v) is 11.0. The number of cyclic esters (lactones) is 1. The number of carbonyl (C=O) groups is 2. The minimum absolute atomic E-state index is 0.0159. The monoisotopic (exact) mass is 582 g/mol. The maximum atomic E-state index is 14.2. The van der Waals surface area contributed by atoms with E-state index in [-0.39, 0.29) is 54.2 Å². The van der Waals surface area contributed by atoms with E-state index in [0.717, 1.165) is 37.7 Å². The molecule has 1 spiro atoms. The first-order valence-electron chi connectivity index (χ1n) is 15.6. The summed E-state index contributed by atoms with van der Waals surface area (Å²) in [4.78, 5) is 53.3. The molecule has 228 valence electrons. The fraction of sp³-hybridized carbons (Fsp3) is 0.750. The number of ether oxygens (including phenoxy) is 2. The summed E-state index contributed by atoms with van der Waals surface area (Å²) in [5.41, 5.74) is -1.70. The van der Waals surface area contributed by atoms with Crippen molar-refractivity contribution < 1.29 is 29.3 Å². The second-order valence-corrected chi connectivity index (χ2v) is 14.5. The predicted molar refractivity (Wildman–Crippen MR) is 150 cm³/mol. The Balaban J connectivity index is 1.16. The molecule has 3 N–H and O–H groups in total. The fourth-order valence-electron chi connectivity index (χ4n) is 11.0. The van der Waals surface area contributed by atoms with Crippen molar-refractivity contribution in [1.29, 1.82) is 0 Å². The van der Waals surface area contributed by atoms with Crippen LogP contribution in [0.3, 0.4) is 0 Å². The predicted octanol–water partition coefficient (Wildman–Crippen LogP) is 2.28. The van der Waals surface area contributed by atoms with Crippen molar-refractivity contribution in [2.24, 2.45) is 40.4 Å². The number of H-pyrrole nitrogens is 1. The van der Waals surface area contributed by atoms with E-state index in [0.29, 0.717) is 23.8 Å². The van der Waals surface area contributed by atoms with Gasteiger partial charge in [-0.2, -0.15) is 0 Å². The molecule has 0 radical (unpaired) electrons. The molecule has 10 nitrogen and oxygen atoms in total. The molecule has 0 amide bonds. The third-order valence-corrected chi connectivity index (χ3v) is 13.2. The van der Waals surface area contributed by atoms with Crippen LogP contribution in [0.4, 0.5) is 0 Å². The van der Waals surface area contributed by atoms with Gasteiger partial charge in [0.05, 0.1) is 29.7 Å². The Bertz CT molecular complexity index is 1500. The second-order valence-electron chi connectivity index (χ2n) is 14.5. The van der Waals surface area contributed by atoms with Gasteiger partial charge in [0.2, 0.25) is 0 Å². The quantitative estimate of drug-likeness (QED) is 0.361. The van der Waals surface area contributed by atoms with Gasteiger partial charge in [0.25, 0.3) is 5.56 Å². The van der Waals surface area contributed by atoms with E-state index in [9.17, 15) is 29.4 Å². The van der Waals surface area contributed by atoms with Crippen molar-refractivity contribution in [3.63, 3.8) is 0 Å². The van der Waals surface area contributed by atoms with Crippen LogP contribution in [-0.4, -0.2) is 62.0 Å². The van der Waals surface area contributed by atoms with Crippen LogP contribution >= 0.6 is 0 Å². The number of epoxide rings is 1. The molecule has 4 aliphatic carbocycles. The lowest BCUT2D eigenvalue weighted by Gasteiger charge is -2.59. The molecule has 1 aromatic heterocycles. The van der Waals surface area contributed by atoms with E-state index >= 15 is 0 Å². The second kappa shape index (κ2) is 9.22. The number of nitrogens with one attached hydrogen (secondary N) is 1. The SMILES string of the molecule is CC1=C(CO)C(=O)O[C@@H]([C@@H](C)[C@H]2CC[C@H]3[C@@H]4C[C@H]5O[C@]56[C@@H](O)[C@H](n5ccc(=O)[nH]c5=O)CC(=O)[C@]6(C)[C@H]4CC[C@]23C)C1. The van der Waals surface area contributed by atoms with E-state index in [1.54, 1.807) is 0 Å². The van der Waals surface area contributed by atoms with Gasteiger partial charge in [-0.1, -0.05) is 19.4 Å². The van der Waals surface area contributed by atoms with Crippen molar-refractivity contribution in [1.82, 2.24) is 9.55 Å². The van der Waals surface area contributed by atoms with Gasteiger partial charge in [-0.3, -0.25) is 19.1 Å². The van der Waals surface area contributed by atoms with Crippen LogP contribution in [0, 0.1) is 40.4 Å². The number of esters is 1. The Kier molecular flexibility index (Phi) is 6.20. The number of Topliss-reactive ketones (excluding diaryl/α,β-unsaturated/α-hetero) is 1. The summed E-state index contributed by atoms with van der Waals surface area (Å²) in [6.07, 6.45) is 5.19. The third kappa shape index (κ3) is 3.48. The number of aliphatic hydroxyl groups is 2. The normalized spacial score (nSPS) is 46.7. The minimum Gasteiger partial charge on any atom is -0.458 e. The van der Waals surface area contributed by atoms with Crippen LogP contribution < -0.4 is 11.2 Å². The molecule has 6 aliphatic rings. The number of ketones is 1. The number of aromatic amines is 1. The van der Waals surface area contributed by atoms with E-state index in [2.05, 4.69) is 18.8 Å². The van der Waals surface area contributed by atoms with Crippen molar-refractivity contribution in [2.75, 3.05) is 6.61 Å². The number of hydrogen-bond donors (Lipinski definition) is 3. The molecule has 0 unspecified atom stereocenters. The van der Waals surface area contributed by atoms with Crippen LogP contribution in [0.25, 0.3) is 0 Å². The number of carbonyl (C=O) groups excluding carboxylic acids is 2. The number of aliphatic hydroxyl groups excluding tert-OH is 2. The number of rotatable bonds is 4. The molecule has 3 heterocycles. The summed E-state index contributed by atoms with van der Waals surface area (Å²) in [6, 6.07) is 0.451. The first-order valence-corrected chi connectivity index (χ1v) is 15.6. The minimum atomic E-state index is -1.04. The zero-order valence-corrected chi connectivity index (χ0v) is 24.8. The maximum Gasteiger partial charge on any atom is 0.336 e. The number of nitrogens with zero attached hydrogens (tertiary/aromatic N) is 1. The first-order chi connectivity index (χ1) is 19.9. The van der Waals surface area contributed by atoms with Crippen molar-refractivity contribution in [2.45, 2.75) is 103 Å². The van der Waals surface area contributed by atoms with E-state index in [1.165, 1.54) is 16.8 Å². The molecular formula is C32H42N2O8. The molecule has 0 bridgehead atoms. The number of aromatic nitrogens is 2. The van der Waals surface area contributed by atoms with Crippen LogP contribution in [0.2, 0.25) is 0 Å².